The van der Waals surface area contributed by atoms with Gasteiger partial charge in [-0.15, -0.1) is 0 Å². The van der Waals surface area contributed by atoms with E-state index in [0.717, 1.165) is 12.8 Å². The number of ether oxygens (including phenoxy) is 2. The van der Waals surface area contributed by atoms with Gasteiger partial charge >= 0.3 is 0 Å². The van der Waals surface area contributed by atoms with Gasteiger partial charge < -0.3 is 24.7 Å². The van der Waals surface area contributed by atoms with Gasteiger partial charge in [-0.3, -0.25) is 9.59 Å². The smallest absolute Gasteiger partial charge is 0.263 e. The summed E-state index contributed by atoms with van der Waals surface area (Å²) in [7, 11) is 1.40. The highest BCUT2D eigenvalue weighted by Crippen LogP contribution is 2.38. The quantitative estimate of drug-likeness (QED) is 0.421. The average molecular weight is 546 g/mol. The zero-order chi connectivity index (χ0) is 27.7. The third-order valence-electron chi connectivity index (χ3n) is 7.16. The SMILES string of the molecule is COCC(=O)N1CC[C@H](NC(=O)c2c(C)[nH]c3c(-c4cc(C(F)F)ccc4OCC4CC4)ncnc23)[C@H](F)C1. The first-order valence-corrected chi connectivity index (χ1v) is 12.9. The Bertz CT molecular complexity index is 1380. The van der Waals surface area contributed by atoms with Crippen molar-refractivity contribution in [3.05, 3.63) is 41.3 Å². The maximum Gasteiger partial charge on any atom is 0.263 e. The second kappa shape index (κ2) is 11.2. The van der Waals surface area contributed by atoms with E-state index in [1.54, 1.807) is 6.92 Å². The first-order valence-electron chi connectivity index (χ1n) is 12.9. The van der Waals surface area contributed by atoms with Crippen LogP contribution in [0.4, 0.5) is 13.2 Å². The van der Waals surface area contributed by atoms with E-state index in [1.165, 1.54) is 36.5 Å². The summed E-state index contributed by atoms with van der Waals surface area (Å²) in [5.74, 6) is 0.0299. The standard InChI is InChI=1S/C27H30F3N5O4/c1-14-22(27(37)34-19-7-8-35(10-18(19)28)21(36)12-38-2)24-25(33-14)23(31-13-32-24)17-9-16(26(29)30)5-6-20(17)39-11-15-3-4-15/h5-6,9,13,15,18-19,26,33H,3-4,7-8,10-12H2,1-2H3,(H,34,37)/t18-,19+/m1/s1. The van der Waals surface area contributed by atoms with E-state index in [0.29, 0.717) is 40.7 Å². The van der Waals surface area contributed by atoms with Gasteiger partial charge in [0, 0.05) is 30.5 Å². The Labute approximate surface area is 223 Å². The van der Waals surface area contributed by atoms with Gasteiger partial charge in [-0.1, -0.05) is 0 Å². The Morgan fingerprint density at radius 2 is 2.03 bits per heavy atom. The topological polar surface area (TPSA) is 109 Å². The lowest BCUT2D eigenvalue weighted by molar-refractivity contribution is -0.137. The highest BCUT2D eigenvalue weighted by atomic mass is 19.3. The van der Waals surface area contributed by atoms with Crippen molar-refractivity contribution in [1.82, 2.24) is 25.2 Å². The van der Waals surface area contributed by atoms with Crippen LogP contribution in [0.25, 0.3) is 22.3 Å². The minimum absolute atomic E-state index is 0.131. The lowest BCUT2D eigenvalue weighted by atomic mass is 10.0. The molecule has 1 aliphatic heterocycles. The summed E-state index contributed by atoms with van der Waals surface area (Å²) < 4.78 is 52.9. The van der Waals surface area contributed by atoms with Crippen LogP contribution in [-0.2, 0) is 9.53 Å². The molecule has 2 aromatic heterocycles. The number of halogens is 3. The van der Waals surface area contributed by atoms with Gasteiger partial charge in [-0.05, 0) is 50.3 Å². The Morgan fingerprint density at radius 1 is 1.23 bits per heavy atom. The number of carbonyl (C=O) groups is 2. The molecule has 3 aromatic rings. The van der Waals surface area contributed by atoms with E-state index in [4.69, 9.17) is 9.47 Å². The number of nitrogens with one attached hydrogen (secondary N) is 2. The summed E-state index contributed by atoms with van der Waals surface area (Å²) in [5, 5.41) is 2.74. The Hall–Kier alpha value is -3.67. The molecule has 0 spiro atoms. The molecular formula is C27H30F3N5O4. The van der Waals surface area contributed by atoms with Crippen LogP contribution in [0.1, 0.15) is 47.3 Å². The fourth-order valence-electron chi connectivity index (χ4n) is 4.84. The third-order valence-corrected chi connectivity index (χ3v) is 7.16. The van der Waals surface area contributed by atoms with Crippen LogP contribution in [0.15, 0.2) is 24.5 Å². The number of aromatic amines is 1. The van der Waals surface area contributed by atoms with Gasteiger partial charge in [0.2, 0.25) is 5.91 Å². The monoisotopic (exact) mass is 545 g/mol. The summed E-state index contributed by atoms with van der Waals surface area (Å²) in [6.07, 6.45) is -0.499. The lowest BCUT2D eigenvalue weighted by Gasteiger charge is -2.35. The molecule has 1 aliphatic carbocycles. The Balaban J connectivity index is 1.42. The number of rotatable bonds is 9. The van der Waals surface area contributed by atoms with Gasteiger partial charge in [0.25, 0.3) is 12.3 Å². The van der Waals surface area contributed by atoms with Crippen molar-refractivity contribution in [2.45, 2.75) is 44.8 Å². The fraction of sp³-hybridized carbons (Fsp3) is 0.481. The number of likely N-dealkylation sites (tertiary alicyclic amines) is 1. The molecule has 2 aliphatic rings. The number of piperidine rings is 1. The maximum atomic E-state index is 14.9. The molecule has 39 heavy (non-hydrogen) atoms. The van der Waals surface area contributed by atoms with Crippen LogP contribution in [0.2, 0.25) is 0 Å². The first-order chi connectivity index (χ1) is 18.8. The molecule has 2 atom stereocenters. The molecule has 2 N–H and O–H groups in total. The van der Waals surface area contributed by atoms with Crippen LogP contribution >= 0.6 is 0 Å². The molecule has 1 aromatic carbocycles. The zero-order valence-electron chi connectivity index (χ0n) is 21.7. The molecule has 0 bridgehead atoms. The van der Waals surface area contributed by atoms with E-state index in [1.807, 2.05) is 0 Å². The van der Waals surface area contributed by atoms with Crippen molar-refractivity contribution in [1.29, 1.82) is 0 Å². The summed E-state index contributed by atoms with van der Waals surface area (Å²) in [5.41, 5.74) is 1.87. The van der Waals surface area contributed by atoms with Crippen LogP contribution in [0, 0.1) is 12.8 Å². The average Bonchev–Trinajstić information content (AvgIpc) is 3.68. The molecule has 12 heteroatoms. The molecule has 1 saturated heterocycles. The van der Waals surface area contributed by atoms with Crippen LogP contribution in [0.5, 0.6) is 5.75 Å². The molecule has 208 valence electrons. The second-order valence-corrected chi connectivity index (χ2v) is 10.0. The number of amides is 2. The van der Waals surface area contributed by atoms with E-state index in [-0.39, 0.29) is 48.7 Å². The number of fused-ring (bicyclic) bond motifs is 1. The summed E-state index contributed by atoms with van der Waals surface area (Å²) in [6.45, 7) is 2.17. The van der Waals surface area contributed by atoms with E-state index in [2.05, 4.69) is 20.3 Å². The summed E-state index contributed by atoms with van der Waals surface area (Å²) >= 11 is 0. The van der Waals surface area contributed by atoms with Gasteiger partial charge in [-0.2, -0.15) is 0 Å². The summed E-state index contributed by atoms with van der Waals surface area (Å²) in [6, 6.07) is 3.40. The Kier molecular flexibility index (Phi) is 7.74. The molecule has 0 radical (unpaired) electrons. The number of alkyl halides is 3. The first kappa shape index (κ1) is 26.9. The van der Waals surface area contributed by atoms with Gasteiger partial charge in [0.05, 0.1) is 30.3 Å². The van der Waals surface area contributed by atoms with Gasteiger partial charge in [-0.25, -0.2) is 23.1 Å². The van der Waals surface area contributed by atoms with Crippen LogP contribution < -0.4 is 10.1 Å². The highest BCUT2D eigenvalue weighted by molar-refractivity contribution is 6.09. The normalized spacial score (nSPS) is 19.5. The van der Waals surface area contributed by atoms with Gasteiger partial charge in [0.15, 0.2) is 0 Å². The largest absolute Gasteiger partial charge is 0.493 e. The number of nitrogens with zero attached hydrogens (tertiary/aromatic N) is 3. The second-order valence-electron chi connectivity index (χ2n) is 10.0. The predicted octanol–water partition coefficient (Wildman–Crippen LogP) is 3.97. The number of aryl methyl sites for hydroxylation is 1. The summed E-state index contributed by atoms with van der Waals surface area (Å²) in [4.78, 5) is 38.5. The number of H-pyrrole nitrogens is 1. The molecular weight excluding hydrogens is 515 g/mol. The number of carbonyl (C=O) groups excluding carboxylic acids is 2. The number of hydrogen-bond acceptors (Lipinski definition) is 6. The molecule has 1 saturated carbocycles. The third kappa shape index (κ3) is 5.70. The predicted molar refractivity (Wildman–Crippen MR) is 136 cm³/mol. The van der Waals surface area contributed by atoms with Crippen molar-refractivity contribution in [3.8, 4) is 17.0 Å². The van der Waals surface area contributed by atoms with Crippen LogP contribution in [-0.4, -0.2) is 77.3 Å². The number of benzene rings is 1. The zero-order valence-corrected chi connectivity index (χ0v) is 21.7. The minimum Gasteiger partial charge on any atom is -0.493 e. The maximum absolute atomic E-state index is 14.9. The van der Waals surface area contributed by atoms with E-state index >= 15 is 0 Å². The number of methoxy groups -OCH3 is 1. The molecule has 2 fully saturated rings. The number of aromatic nitrogens is 3. The Morgan fingerprint density at radius 3 is 2.72 bits per heavy atom. The minimum atomic E-state index is -2.69. The molecule has 0 unspecified atom stereocenters. The van der Waals surface area contributed by atoms with Crippen molar-refractivity contribution < 1.29 is 32.2 Å². The molecule has 9 nitrogen and oxygen atoms in total. The fourth-order valence-corrected chi connectivity index (χ4v) is 4.84. The highest BCUT2D eigenvalue weighted by Gasteiger charge is 2.34. The lowest BCUT2D eigenvalue weighted by Crippen LogP contribution is -2.54. The van der Waals surface area contributed by atoms with E-state index < -0.39 is 24.5 Å². The van der Waals surface area contributed by atoms with Crippen molar-refractivity contribution in [3.63, 3.8) is 0 Å². The van der Waals surface area contributed by atoms with Crippen molar-refractivity contribution in [2.24, 2.45) is 5.92 Å². The van der Waals surface area contributed by atoms with Crippen LogP contribution in [0.3, 0.4) is 0 Å². The molecule has 2 amide bonds. The number of hydrogen-bond donors (Lipinski definition) is 2. The molecule has 5 rings (SSSR count). The van der Waals surface area contributed by atoms with Crippen molar-refractivity contribution >= 4 is 22.8 Å². The van der Waals surface area contributed by atoms with Crippen molar-refractivity contribution in [2.75, 3.05) is 33.4 Å². The van der Waals surface area contributed by atoms with E-state index in [9.17, 15) is 22.8 Å². The van der Waals surface area contributed by atoms with Gasteiger partial charge in [0.1, 0.15) is 36.1 Å². The molecule has 3 heterocycles.